The Balaban J connectivity index is 1.48. The van der Waals surface area contributed by atoms with Crippen molar-refractivity contribution in [3.05, 3.63) is 72.1 Å². The van der Waals surface area contributed by atoms with Gasteiger partial charge in [-0.2, -0.15) is 0 Å². The summed E-state index contributed by atoms with van der Waals surface area (Å²) in [6.45, 7) is 2.77. The summed E-state index contributed by atoms with van der Waals surface area (Å²) in [5, 5.41) is 11.6. The van der Waals surface area contributed by atoms with E-state index < -0.39 is 0 Å². The second-order valence-electron chi connectivity index (χ2n) is 5.67. The van der Waals surface area contributed by atoms with Crippen molar-refractivity contribution >= 4 is 0 Å². The fourth-order valence-electron chi connectivity index (χ4n) is 2.41. The van der Waals surface area contributed by atoms with E-state index in [0.717, 1.165) is 18.4 Å². The first kappa shape index (κ1) is 15.4. The van der Waals surface area contributed by atoms with Crippen LogP contribution >= 0.6 is 0 Å². The lowest BCUT2D eigenvalue weighted by Gasteiger charge is -2.12. The second kappa shape index (κ2) is 7.70. The third kappa shape index (κ3) is 4.50. The molecule has 23 heavy (non-hydrogen) atoms. The van der Waals surface area contributed by atoms with E-state index in [2.05, 4.69) is 46.7 Å². The van der Waals surface area contributed by atoms with Crippen molar-refractivity contribution in [2.45, 2.75) is 32.4 Å². The second-order valence-corrected chi connectivity index (χ2v) is 5.67. The van der Waals surface area contributed by atoms with Gasteiger partial charge in [-0.25, -0.2) is 0 Å². The fourth-order valence-corrected chi connectivity index (χ4v) is 2.41. The highest BCUT2D eigenvalue weighted by Gasteiger charge is 2.09. The molecule has 3 aromatic rings. The van der Waals surface area contributed by atoms with Gasteiger partial charge in [0.1, 0.15) is 0 Å². The van der Waals surface area contributed by atoms with Crippen LogP contribution in [0.2, 0.25) is 0 Å². The summed E-state index contributed by atoms with van der Waals surface area (Å²) < 4.78 is 5.70. The van der Waals surface area contributed by atoms with Gasteiger partial charge < -0.3 is 9.73 Å². The Bertz CT molecular complexity index is 710. The standard InChI is InChI=1S/C19H21N3O/c1-15(12-13-16-8-4-2-5-9-16)20-14-18-21-22-19(23-18)17-10-6-3-7-11-17/h2-11,15,20H,12-14H2,1H3. The molecule has 2 aromatic carbocycles. The minimum absolute atomic E-state index is 0.391. The molecule has 0 spiro atoms. The molecule has 0 aliphatic heterocycles. The van der Waals surface area contributed by atoms with Crippen LogP contribution in [-0.4, -0.2) is 16.2 Å². The molecule has 1 atom stereocenters. The Kier molecular flexibility index (Phi) is 5.17. The first-order valence-electron chi connectivity index (χ1n) is 7.96. The van der Waals surface area contributed by atoms with Crippen LogP contribution < -0.4 is 5.32 Å². The van der Waals surface area contributed by atoms with Crippen LogP contribution in [-0.2, 0) is 13.0 Å². The van der Waals surface area contributed by atoms with E-state index in [1.165, 1.54) is 5.56 Å². The Morgan fingerprint density at radius 2 is 1.65 bits per heavy atom. The lowest BCUT2D eigenvalue weighted by molar-refractivity contribution is 0.438. The zero-order valence-corrected chi connectivity index (χ0v) is 13.3. The minimum atomic E-state index is 0.391. The highest BCUT2D eigenvalue weighted by Crippen LogP contribution is 2.16. The van der Waals surface area contributed by atoms with Crippen molar-refractivity contribution < 1.29 is 4.42 Å². The monoisotopic (exact) mass is 307 g/mol. The van der Waals surface area contributed by atoms with Crippen LogP contribution in [0.1, 0.15) is 24.8 Å². The number of aryl methyl sites for hydroxylation is 1. The normalized spacial score (nSPS) is 12.2. The van der Waals surface area contributed by atoms with Gasteiger partial charge >= 0.3 is 0 Å². The predicted molar refractivity (Wildman–Crippen MR) is 90.8 cm³/mol. The van der Waals surface area contributed by atoms with E-state index in [-0.39, 0.29) is 0 Å². The summed E-state index contributed by atoms with van der Waals surface area (Å²) in [6.07, 6.45) is 2.14. The predicted octanol–water partition coefficient (Wildman–Crippen LogP) is 3.85. The number of nitrogens with one attached hydrogen (secondary N) is 1. The van der Waals surface area contributed by atoms with Crippen molar-refractivity contribution in [3.8, 4) is 11.5 Å². The lowest BCUT2D eigenvalue weighted by atomic mass is 10.1. The Morgan fingerprint density at radius 1 is 0.957 bits per heavy atom. The molecule has 0 radical (unpaired) electrons. The first-order valence-corrected chi connectivity index (χ1v) is 7.96. The molecule has 0 aliphatic rings. The van der Waals surface area contributed by atoms with Gasteiger partial charge in [0.05, 0.1) is 6.54 Å². The Labute approximate surface area is 136 Å². The molecule has 0 saturated carbocycles. The topological polar surface area (TPSA) is 51.0 Å². The molecule has 0 saturated heterocycles. The Hall–Kier alpha value is -2.46. The van der Waals surface area contributed by atoms with E-state index in [0.29, 0.717) is 24.4 Å². The number of nitrogens with zero attached hydrogens (tertiary/aromatic N) is 2. The summed E-state index contributed by atoms with van der Waals surface area (Å²) in [5.41, 5.74) is 2.31. The molecule has 1 aromatic heterocycles. The number of hydrogen-bond acceptors (Lipinski definition) is 4. The highest BCUT2D eigenvalue weighted by molar-refractivity contribution is 5.51. The molecule has 0 fully saturated rings. The fraction of sp³-hybridized carbons (Fsp3) is 0.263. The summed E-state index contributed by atoms with van der Waals surface area (Å²) in [7, 11) is 0. The molecule has 1 N–H and O–H groups in total. The molecule has 4 heteroatoms. The van der Waals surface area contributed by atoms with Gasteiger partial charge in [0.25, 0.3) is 0 Å². The van der Waals surface area contributed by atoms with Gasteiger partial charge in [0.15, 0.2) is 0 Å². The summed E-state index contributed by atoms with van der Waals surface area (Å²) in [4.78, 5) is 0. The third-order valence-corrected chi connectivity index (χ3v) is 3.80. The molecule has 3 rings (SSSR count). The SMILES string of the molecule is CC(CCc1ccccc1)NCc1nnc(-c2ccccc2)o1. The lowest BCUT2D eigenvalue weighted by Crippen LogP contribution is -2.26. The van der Waals surface area contributed by atoms with Crippen LogP contribution in [0.5, 0.6) is 0 Å². The van der Waals surface area contributed by atoms with Crippen molar-refractivity contribution in [1.29, 1.82) is 0 Å². The van der Waals surface area contributed by atoms with Gasteiger partial charge in [-0.3, -0.25) is 0 Å². The molecular formula is C19H21N3O. The van der Waals surface area contributed by atoms with Crippen LogP contribution in [0.25, 0.3) is 11.5 Å². The maximum Gasteiger partial charge on any atom is 0.247 e. The average Bonchev–Trinajstić information content (AvgIpc) is 3.09. The van der Waals surface area contributed by atoms with E-state index in [4.69, 9.17) is 4.42 Å². The van der Waals surface area contributed by atoms with Crippen molar-refractivity contribution in [2.75, 3.05) is 0 Å². The zero-order chi connectivity index (χ0) is 15.9. The molecule has 0 bridgehead atoms. The van der Waals surface area contributed by atoms with Gasteiger partial charge in [0, 0.05) is 11.6 Å². The molecule has 118 valence electrons. The quantitative estimate of drug-likeness (QED) is 0.720. The molecular weight excluding hydrogens is 286 g/mol. The van der Waals surface area contributed by atoms with E-state index in [1.54, 1.807) is 0 Å². The molecule has 0 aliphatic carbocycles. The Morgan fingerprint density at radius 3 is 2.39 bits per heavy atom. The van der Waals surface area contributed by atoms with E-state index in [1.807, 2.05) is 36.4 Å². The van der Waals surface area contributed by atoms with E-state index >= 15 is 0 Å². The molecule has 1 heterocycles. The number of benzene rings is 2. The number of hydrogen-bond donors (Lipinski definition) is 1. The summed E-state index contributed by atoms with van der Waals surface area (Å²) in [6, 6.07) is 20.7. The van der Waals surface area contributed by atoms with Crippen molar-refractivity contribution in [1.82, 2.24) is 15.5 Å². The number of rotatable bonds is 7. The third-order valence-electron chi connectivity index (χ3n) is 3.80. The largest absolute Gasteiger partial charge is 0.419 e. The minimum Gasteiger partial charge on any atom is -0.419 e. The maximum atomic E-state index is 5.70. The first-order chi connectivity index (χ1) is 11.3. The zero-order valence-electron chi connectivity index (χ0n) is 13.3. The van der Waals surface area contributed by atoms with Crippen LogP contribution in [0.4, 0.5) is 0 Å². The number of aromatic nitrogens is 2. The van der Waals surface area contributed by atoms with Gasteiger partial charge in [-0.05, 0) is 37.5 Å². The summed E-state index contributed by atoms with van der Waals surface area (Å²) >= 11 is 0. The van der Waals surface area contributed by atoms with Crippen molar-refractivity contribution in [3.63, 3.8) is 0 Å². The van der Waals surface area contributed by atoms with Gasteiger partial charge in [-0.1, -0.05) is 48.5 Å². The van der Waals surface area contributed by atoms with E-state index in [9.17, 15) is 0 Å². The summed E-state index contributed by atoms with van der Waals surface area (Å²) in [5.74, 6) is 1.19. The molecule has 4 nitrogen and oxygen atoms in total. The van der Waals surface area contributed by atoms with Crippen molar-refractivity contribution in [2.24, 2.45) is 0 Å². The molecule has 0 amide bonds. The average molecular weight is 307 g/mol. The van der Waals surface area contributed by atoms with Crippen LogP contribution in [0, 0.1) is 0 Å². The highest BCUT2D eigenvalue weighted by atomic mass is 16.4. The van der Waals surface area contributed by atoms with Crippen LogP contribution in [0.15, 0.2) is 65.1 Å². The van der Waals surface area contributed by atoms with Gasteiger partial charge in [-0.15, -0.1) is 10.2 Å². The maximum absolute atomic E-state index is 5.70. The smallest absolute Gasteiger partial charge is 0.247 e. The van der Waals surface area contributed by atoms with Gasteiger partial charge in [0.2, 0.25) is 11.8 Å². The molecule has 1 unspecified atom stereocenters. The van der Waals surface area contributed by atoms with Crippen LogP contribution in [0.3, 0.4) is 0 Å².